The second-order valence-corrected chi connectivity index (χ2v) is 5.28. The molecule has 0 saturated carbocycles. The standard InChI is InChI=1S/C12H11FINO3/c1-7(16)4-9-6-15(12(17)18-9)8-2-3-11(14)10(13)5-8/h2-3,5,9H,4,6H2,1H3/t9-/m0/s1. The van der Waals surface area contributed by atoms with Crippen molar-refractivity contribution < 1.29 is 18.7 Å². The zero-order valence-electron chi connectivity index (χ0n) is 9.65. The first kappa shape index (κ1) is 13.3. The molecule has 0 unspecified atom stereocenters. The summed E-state index contributed by atoms with van der Waals surface area (Å²) in [5.41, 5.74) is 0.448. The molecule has 0 radical (unpaired) electrons. The van der Waals surface area contributed by atoms with E-state index >= 15 is 0 Å². The molecule has 1 aliphatic rings. The van der Waals surface area contributed by atoms with Gasteiger partial charge in [-0.25, -0.2) is 9.18 Å². The minimum Gasteiger partial charge on any atom is -0.443 e. The average Bonchev–Trinajstić information content (AvgIpc) is 2.62. The molecule has 6 heteroatoms. The Labute approximate surface area is 117 Å². The Hall–Kier alpha value is -1.18. The number of Topliss-reactive ketones (excluding diaryl/α,β-unsaturated/α-hetero) is 1. The number of ether oxygens (including phenoxy) is 1. The summed E-state index contributed by atoms with van der Waals surface area (Å²) in [6.07, 6.45) is -0.797. The highest BCUT2D eigenvalue weighted by Gasteiger charge is 2.33. The van der Waals surface area contributed by atoms with Crippen LogP contribution in [0, 0.1) is 9.39 Å². The van der Waals surface area contributed by atoms with Crippen molar-refractivity contribution in [1.82, 2.24) is 0 Å². The Kier molecular flexibility index (Phi) is 3.84. The zero-order chi connectivity index (χ0) is 13.3. The molecule has 0 spiro atoms. The maximum absolute atomic E-state index is 13.4. The van der Waals surface area contributed by atoms with Gasteiger partial charge in [-0.1, -0.05) is 0 Å². The van der Waals surface area contributed by atoms with Crippen molar-refractivity contribution >= 4 is 40.2 Å². The van der Waals surface area contributed by atoms with E-state index in [-0.39, 0.29) is 24.6 Å². The summed E-state index contributed by atoms with van der Waals surface area (Å²) >= 11 is 1.88. The summed E-state index contributed by atoms with van der Waals surface area (Å²) in [4.78, 5) is 23.9. The number of amides is 1. The number of hydrogen-bond acceptors (Lipinski definition) is 3. The molecular weight excluding hydrogens is 352 g/mol. The third-order valence-corrected chi connectivity index (χ3v) is 3.48. The lowest BCUT2D eigenvalue weighted by molar-refractivity contribution is -0.118. The zero-order valence-corrected chi connectivity index (χ0v) is 11.8. The van der Waals surface area contributed by atoms with E-state index in [1.165, 1.54) is 17.9 Å². The van der Waals surface area contributed by atoms with Gasteiger partial charge >= 0.3 is 6.09 Å². The van der Waals surface area contributed by atoms with E-state index < -0.39 is 12.2 Å². The quantitative estimate of drug-likeness (QED) is 0.776. The maximum Gasteiger partial charge on any atom is 0.414 e. The monoisotopic (exact) mass is 363 g/mol. The molecule has 1 atom stereocenters. The SMILES string of the molecule is CC(=O)C[C@H]1CN(c2ccc(I)c(F)c2)C(=O)O1. The summed E-state index contributed by atoms with van der Waals surface area (Å²) in [6.45, 7) is 1.72. The molecular formula is C12H11FINO3. The van der Waals surface area contributed by atoms with E-state index in [4.69, 9.17) is 4.74 Å². The third-order valence-electron chi connectivity index (χ3n) is 2.60. The molecule has 1 aromatic carbocycles. The highest BCUT2D eigenvalue weighted by atomic mass is 127. The lowest BCUT2D eigenvalue weighted by Gasteiger charge is -2.13. The molecule has 1 aliphatic heterocycles. The first-order valence-electron chi connectivity index (χ1n) is 5.40. The van der Waals surface area contributed by atoms with Crippen LogP contribution in [0.4, 0.5) is 14.9 Å². The van der Waals surface area contributed by atoms with Crippen LogP contribution in [0.15, 0.2) is 18.2 Å². The fraction of sp³-hybridized carbons (Fsp3) is 0.333. The van der Waals surface area contributed by atoms with Gasteiger partial charge in [-0.15, -0.1) is 0 Å². The number of cyclic esters (lactones) is 1. The number of ketones is 1. The van der Waals surface area contributed by atoms with Crippen molar-refractivity contribution in [3.63, 3.8) is 0 Å². The van der Waals surface area contributed by atoms with Gasteiger partial charge in [0.05, 0.1) is 12.2 Å². The van der Waals surface area contributed by atoms with E-state index in [9.17, 15) is 14.0 Å². The van der Waals surface area contributed by atoms with Gasteiger partial charge in [-0.05, 0) is 47.7 Å². The van der Waals surface area contributed by atoms with E-state index in [2.05, 4.69) is 0 Å². The summed E-state index contributed by atoms with van der Waals surface area (Å²) in [6, 6.07) is 4.54. The summed E-state index contributed by atoms with van der Waals surface area (Å²) in [5.74, 6) is -0.417. The van der Waals surface area contributed by atoms with Crippen LogP contribution in [0.25, 0.3) is 0 Å². The van der Waals surface area contributed by atoms with Crippen LogP contribution < -0.4 is 4.90 Å². The molecule has 0 N–H and O–H groups in total. The van der Waals surface area contributed by atoms with Gasteiger partial charge in [-0.2, -0.15) is 0 Å². The summed E-state index contributed by atoms with van der Waals surface area (Å²) in [7, 11) is 0. The smallest absolute Gasteiger partial charge is 0.414 e. The molecule has 1 saturated heterocycles. The second kappa shape index (κ2) is 5.21. The van der Waals surface area contributed by atoms with Gasteiger partial charge in [0.1, 0.15) is 17.7 Å². The topological polar surface area (TPSA) is 46.6 Å². The minimum atomic E-state index is -0.540. The Morgan fingerprint density at radius 1 is 1.61 bits per heavy atom. The molecule has 4 nitrogen and oxygen atoms in total. The van der Waals surface area contributed by atoms with Crippen molar-refractivity contribution in [2.75, 3.05) is 11.4 Å². The van der Waals surface area contributed by atoms with Gasteiger partial charge in [0.15, 0.2) is 0 Å². The summed E-state index contributed by atoms with van der Waals surface area (Å²) < 4.78 is 19.0. The van der Waals surface area contributed by atoms with E-state index in [1.54, 1.807) is 12.1 Å². The predicted octanol–water partition coefficient (Wildman–Crippen LogP) is 2.73. The number of nitrogens with zero attached hydrogens (tertiary/aromatic N) is 1. The number of carbonyl (C=O) groups excluding carboxylic acids is 2. The molecule has 18 heavy (non-hydrogen) atoms. The number of anilines is 1. The van der Waals surface area contributed by atoms with Gasteiger partial charge in [0.25, 0.3) is 0 Å². The first-order valence-corrected chi connectivity index (χ1v) is 6.48. The van der Waals surface area contributed by atoms with Crippen LogP contribution in [0.3, 0.4) is 0 Å². The molecule has 96 valence electrons. The Balaban J connectivity index is 2.16. The largest absolute Gasteiger partial charge is 0.443 e. The molecule has 0 bridgehead atoms. The second-order valence-electron chi connectivity index (χ2n) is 4.12. The Morgan fingerprint density at radius 3 is 2.94 bits per heavy atom. The Morgan fingerprint density at radius 2 is 2.33 bits per heavy atom. The van der Waals surface area contributed by atoms with Crippen molar-refractivity contribution in [2.24, 2.45) is 0 Å². The normalized spacial score (nSPS) is 18.9. The van der Waals surface area contributed by atoms with Gasteiger partial charge in [0.2, 0.25) is 0 Å². The van der Waals surface area contributed by atoms with Gasteiger partial charge < -0.3 is 4.74 Å². The number of carbonyl (C=O) groups is 2. The van der Waals surface area contributed by atoms with Crippen LogP contribution in [0.5, 0.6) is 0 Å². The molecule has 2 rings (SSSR count). The maximum atomic E-state index is 13.4. The van der Waals surface area contributed by atoms with E-state index in [0.29, 0.717) is 9.26 Å². The number of rotatable bonds is 3. The highest BCUT2D eigenvalue weighted by Crippen LogP contribution is 2.25. The lowest BCUT2D eigenvalue weighted by atomic mass is 10.2. The number of halogens is 2. The lowest BCUT2D eigenvalue weighted by Crippen LogP contribution is -2.25. The van der Waals surface area contributed by atoms with Crippen molar-refractivity contribution in [3.8, 4) is 0 Å². The number of benzene rings is 1. The number of hydrogen-bond donors (Lipinski definition) is 0. The van der Waals surface area contributed by atoms with Crippen LogP contribution in [-0.2, 0) is 9.53 Å². The van der Waals surface area contributed by atoms with Gasteiger partial charge in [-0.3, -0.25) is 9.69 Å². The third kappa shape index (κ3) is 2.80. The molecule has 0 aromatic heterocycles. The highest BCUT2D eigenvalue weighted by molar-refractivity contribution is 14.1. The fourth-order valence-electron chi connectivity index (χ4n) is 1.81. The van der Waals surface area contributed by atoms with Crippen LogP contribution in [0.1, 0.15) is 13.3 Å². The minimum absolute atomic E-state index is 0.0385. The average molecular weight is 363 g/mol. The molecule has 1 heterocycles. The predicted molar refractivity (Wildman–Crippen MR) is 72.0 cm³/mol. The van der Waals surface area contributed by atoms with Gasteiger partial charge in [0, 0.05) is 9.99 Å². The van der Waals surface area contributed by atoms with E-state index in [0.717, 1.165) is 0 Å². The fourth-order valence-corrected chi connectivity index (χ4v) is 2.15. The van der Waals surface area contributed by atoms with E-state index in [1.807, 2.05) is 22.6 Å². The molecule has 0 aliphatic carbocycles. The van der Waals surface area contributed by atoms with Crippen LogP contribution in [0.2, 0.25) is 0 Å². The van der Waals surface area contributed by atoms with Crippen molar-refractivity contribution in [1.29, 1.82) is 0 Å². The van der Waals surface area contributed by atoms with Crippen LogP contribution in [-0.4, -0.2) is 24.5 Å². The van der Waals surface area contributed by atoms with Crippen LogP contribution >= 0.6 is 22.6 Å². The molecule has 1 amide bonds. The molecule has 1 aromatic rings. The first-order chi connectivity index (χ1) is 8.47. The Bertz CT molecular complexity index is 506. The van der Waals surface area contributed by atoms with Crippen molar-refractivity contribution in [3.05, 3.63) is 27.6 Å². The van der Waals surface area contributed by atoms with Crippen molar-refractivity contribution in [2.45, 2.75) is 19.4 Å². The summed E-state index contributed by atoms with van der Waals surface area (Å²) in [5, 5.41) is 0. The molecule has 1 fully saturated rings.